The molecule has 1 unspecified atom stereocenters. The SMILES string of the molecule is CN(Cc1ccc(O)cc1O)C1CCCNCC1. The van der Waals surface area contributed by atoms with Gasteiger partial charge in [0.15, 0.2) is 0 Å². The fourth-order valence-corrected chi connectivity index (χ4v) is 2.53. The van der Waals surface area contributed by atoms with Crippen LogP contribution in [0.3, 0.4) is 0 Å². The van der Waals surface area contributed by atoms with Crippen molar-refractivity contribution < 1.29 is 10.2 Å². The zero-order valence-corrected chi connectivity index (χ0v) is 10.9. The van der Waals surface area contributed by atoms with Gasteiger partial charge in [-0.25, -0.2) is 0 Å². The van der Waals surface area contributed by atoms with E-state index in [1.54, 1.807) is 12.1 Å². The summed E-state index contributed by atoms with van der Waals surface area (Å²) in [5.41, 5.74) is 0.868. The van der Waals surface area contributed by atoms with Gasteiger partial charge in [0.2, 0.25) is 0 Å². The number of hydrogen-bond donors (Lipinski definition) is 3. The minimum atomic E-state index is 0.109. The highest BCUT2D eigenvalue weighted by atomic mass is 16.3. The van der Waals surface area contributed by atoms with Crippen molar-refractivity contribution in [1.29, 1.82) is 0 Å². The molecular weight excluding hydrogens is 228 g/mol. The van der Waals surface area contributed by atoms with Crippen LogP contribution in [0.5, 0.6) is 11.5 Å². The van der Waals surface area contributed by atoms with Gasteiger partial charge in [-0.3, -0.25) is 4.90 Å². The third-order valence-electron chi connectivity index (χ3n) is 3.66. The molecule has 1 heterocycles. The Morgan fingerprint density at radius 1 is 1.28 bits per heavy atom. The lowest BCUT2D eigenvalue weighted by Crippen LogP contribution is -2.32. The molecule has 1 aliphatic heterocycles. The number of benzene rings is 1. The van der Waals surface area contributed by atoms with E-state index in [9.17, 15) is 10.2 Å². The van der Waals surface area contributed by atoms with E-state index in [0.29, 0.717) is 6.04 Å². The summed E-state index contributed by atoms with van der Waals surface area (Å²) in [6, 6.07) is 5.37. The first-order chi connectivity index (χ1) is 8.66. The topological polar surface area (TPSA) is 55.7 Å². The smallest absolute Gasteiger partial charge is 0.123 e. The molecule has 0 aromatic heterocycles. The first kappa shape index (κ1) is 13.2. The van der Waals surface area contributed by atoms with Crippen molar-refractivity contribution in [3.8, 4) is 11.5 Å². The average Bonchev–Trinajstić information content (AvgIpc) is 2.61. The summed E-state index contributed by atoms with van der Waals surface area (Å²) >= 11 is 0. The molecular formula is C14H22N2O2. The highest BCUT2D eigenvalue weighted by Gasteiger charge is 2.17. The number of aromatic hydroxyl groups is 2. The second-order valence-corrected chi connectivity index (χ2v) is 5.06. The van der Waals surface area contributed by atoms with Gasteiger partial charge in [0.25, 0.3) is 0 Å². The van der Waals surface area contributed by atoms with Crippen molar-refractivity contribution in [3.05, 3.63) is 23.8 Å². The van der Waals surface area contributed by atoms with Gasteiger partial charge in [-0.2, -0.15) is 0 Å². The molecule has 1 aromatic rings. The molecule has 3 N–H and O–H groups in total. The van der Waals surface area contributed by atoms with Gasteiger partial charge in [-0.05, 0) is 45.5 Å². The fraction of sp³-hybridized carbons (Fsp3) is 0.571. The summed E-state index contributed by atoms with van der Waals surface area (Å²) in [5, 5.41) is 22.5. The van der Waals surface area contributed by atoms with Crippen LogP contribution in [0.2, 0.25) is 0 Å². The molecule has 0 spiro atoms. The predicted molar refractivity (Wildman–Crippen MR) is 71.7 cm³/mol. The largest absolute Gasteiger partial charge is 0.508 e. The maximum Gasteiger partial charge on any atom is 0.123 e. The van der Waals surface area contributed by atoms with Gasteiger partial charge in [-0.1, -0.05) is 6.07 Å². The van der Waals surface area contributed by atoms with Crippen LogP contribution >= 0.6 is 0 Å². The molecule has 1 atom stereocenters. The van der Waals surface area contributed by atoms with Crippen LogP contribution in [0.25, 0.3) is 0 Å². The molecule has 0 saturated carbocycles. The summed E-state index contributed by atoms with van der Waals surface area (Å²) in [6.45, 7) is 2.89. The maximum absolute atomic E-state index is 9.80. The number of rotatable bonds is 3. The van der Waals surface area contributed by atoms with E-state index in [0.717, 1.165) is 31.6 Å². The van der Waals surface area contributed by atoms with Gasteiger partial charge in [0, 0.05) is 24.2 Å². The van der Waals surface area contributed by atoms with Gasteiger partial charge in [-0.15, -0.1) is 0 Å². The fourth-order valence-electron chi connectivity index (χ4n) is 2.53. The Bertz CT molecular complexity index is 387. The van der Waals surface area contributed by atoms with Crippen LogP contribution in [-0.4, -0.2) is 41.3 Å². The molecule has 1 fully saturated rings. The molecule has 1 saturated heterocycles. The van der Waals surface area contributed by atoms with Crippen LogP contribution < -0.4 is 5.32 Å². The Morgan fingerprint density at radius 2 is 2.11 bits per heavy atom. The number of nitrogens with zero attached hydrogens (tertiary/aromatic N) is 1. The quantitative estimate of drug-likeness (QED) is 0.764. The Hall–Kier alpha value is -1.26. The van der Waals surface area contributed by atoms with E-state index in [1.807, 2.05) is 0 Å². The summed E-state index contributed by atoms with van der Waals surface area (Å²) in [6.07, 6.45) is 3.55. The number of hydrogen-bond acceptors (Lipinski definition) is 4. The molecule has 4 nitrogen and oxygen atoms in total. The predicted octanol–water partition coefficient (Wildman–Crippen LogP) is 1.67. The van der Waals surface area contributed by atoms with Gasteiger partial charge in [0.05, 0.1) is 0 Å². The minimum absolute atomic E-state index is 0.109. The van der Waals surface area contributed by atoms with E-state index < -0.39 is 0 Å². The van der Waals surface area contributed by atoms with Crippen LogP contribution in [0.15, 0.2) is 18.2 Å². The third kappa shape index (κ3) is 3.37. The number of phenols is 2. The van der Waals surface area contributed by atoms with Crippen molar-refractivity contribution in [3.63, 3.8) is 0 Å². The summed E-state index contributed by atoms with van der Waals surface area (Å²) in [7, 11) is 2.10. The second kappa shape index (κ2) is 6.07. The normalized spacial score (nSPS) is 20.9. The first-order valence-corrected chi connectivity index (χ1v) is 6.58. The van der Waals surface area contributed by atoms with Gasteiger partial charge < -0.3 is 15.5 Å². The Kier molecular flexibility index (Phi) is 4.44. The standard InChI is InChI=1S/C14H22N2O2/c1-16(12-3-2-7-15-8-6-12)10-11-4-5-13(17)9-14(11)18/h4-5,9,12,15,17-18H,2-3,6-8,10H2,1H3. The van der Waals surface area contributed by atoms with Crippen molar-refractivity contribution in [2.45, 2.75) is 31.8 Å². The lowest BCUT2D eigenvalue weighted by Gasteiger charge is -2.27. The van der Waals surface area contributed by atoms with Gasteiger partial charge >= 0.3 is 0 Å². The Morgan fingerprint density at radius 3 is 2.89 bits per heavy atom. The van der Waals surface area contributed by atoms with E-state index in [-0.39, 0.29) is 11.5 Å². The Labute approximate surface area is 108 Å². The first-order valence-electron chi connectivity index (χ1n) is 6.58. The van der Waals surface area contributed by atoms with Crippen LogP contribution in [-0.2, 0) is 6.54 Å². The molecule has 0 aliphatic carbocycles. The molecule has 18 heavy (non-hydrogen) atoms. The lowest BCUT2D eigenvalue weighted by atomic mass is 10.1. The monoisotopic (exact) mass is 250 g/mol. The maximum atomic E-state index is 9.80. The molecule has 0 bridgehead atoms. The van der Waals surface area contributed by atoms with Crippen LogP contribution in [0.4, 0.5) is 0 Å². The summed E-state index contributed by atoms with van der Waals surface area (Å²) in [4.78, 5) is 2.29. The summed E-state index contributed by atoms with van der Waals surface area (Å²) < 4.78 is 0. The zero-order valence-electron chi connectivity index (χ0n) is 10.9. The van der Waals surface area contributed by atoms with Crippen molar-refractivity contribution in [1.82, 2.24) is 10.2 Å². The lowest BCUT2D eigenvalue weighted by molar-refractivity contribution is 0.214. The van der Waals surface area contributed by atoms with Crippen LogP contribution in [0, 0.1) is 0 Å². The molecule has 1 aliphatic rings. The number of phenolic OH excluding ortho intramolecular Hbond substituents is 2. The van der Waals surface area contributed by atoms with Crippen molar-refractivity contribution in [2.75, 3.05) is 20.1 Å². The van der Waals surface area contributed by atoms with E-state index >= 15 is 0 Å². The number of nitrogens with one attached hydrogen (secondary N) is 1. The minimum Gasteiger partial charge on any atom is -0.508 e. The van der Waals surface area contributed by atoms with Crippen molar-refractivity contribution in [2.24, 2.45) is 0 Å². The van der Waals surface area contributed by atoms with E-state index in [4.69, 9.17) is 0 Å². The average molecular weight is 250 g/mol. The highest BCUT2D eigenvalue weighted by Crippen LogP contribution is 2.25. The zero-order chi connectivity index (χ0) is 13.0. The molecule has 0 radical (unpaired) electrons. The molecule has 2 rings (SSSR count). The third-order valence-corrected chi connectivity index (χ3v) is 3.66. The molecule has 0 amide bonds. The van der Waals surface area contributed by atoms with Gasteiger partial charge in [0.1, 0.15) is 11.5 Å². The molecule has 4 heteroatoms. The summed E-state index contributed by atoms with van der Waals surface area (Å²) in [5.74, 6) is 0.283. The van der Waals surface area contributed by atoms with Crippen molar-refractivity contribution >= 4 is 0 Å². The molecule has 100 valence electrons. The highest BCUT2D eigenvalue weighted by molar-refractivity contribution is 5.38. The Balaban J connectivity index is 1.98. The van der Waals surface area contributed by atoms with E-state index in [1.165, 1.54) is 18.9 Å². The second-order valence-electron chi connectivity index (χ2n) is 5.06. The molecule has 1 aromatic carbocycles. The van der Waals surface area contributed by atoms with Crippen LogP contribution in [0.1, 0.15) is 24.8 Å². The van der Waals surface area contributed by atoms with E-state index in [2.05, 4.69) is 17.3 Å².